The number of nitrogens with zero attached hydrogens (tertiary/aromatic N) is 1. The van der Waals surface area contributed by atoms with Crippen molar-refractivity contribution in [1.29, 1.82) is 0 Å². The average molecular weight is 214 g/mol. The molecular formula is C12H26N2O. The molecule has 1 aliphatic rings. The summed E-state index contributed by atoms with van der Waals surface area (Å²) in [6.45, 7) is 9.93. The molecule has 90 valence electrons. The molecule has 1 heterocycles. The van der Waals surface area contributed by atoms with Gasteiger partial charge in [0.1, 0.15) is 0 Å². The van der Waals surface area contributed by atoms with Gasteiger partial charge in [0, 0.05) is 13.2 Å². The molecule has 3 heteroatoms. The fourth-order valence-corrected chi connectivity index (χ4v) is 1.90. The van der Waals surface area contributed by atoms with E-state index in [1.54, 1.807) is 0 Å². The van der Waals surface area contributed by atoms with Crippen LogP contribution in [0.25, 0.3) is 0 Å². The van der Waals surface area contributed by atoms with Gasteiger partial charge in [-0.25, -0.2) is 0 Å². The summed E-state index contributed by atoms with van der Waals surface area (Å²) in [5, 5.41) is 3.38. The first-order valence-electron chi connectivity index (χ1n) is 6.44. The molecule has 0 bridgehead atoms. The van der Waals surface area contributed by atoms with Crippen LogP contribution in [0, 0.1) is 0 Å². The summed E-state index contributed by atoms with van der Waals surface area (Å²) in [4.78, 5) is 2.50. The van der Waals surface area contributed by atoms with Gasteiger partial charge in [0.2, 0.25) is 0 Å². The summed E-state index contributed by atoms with van der Waals surface area (Å²) in [6, 6.07) is 0. The predicted octanol–water partition coefficient (Wildman–Crippen LogP) is 1.49. The van der Waals surface area contributed by atoms with Gasteiger partial charge in [-0.3, -0.25) is 0 Å². The standard InChI is InChI=1S/C12H26N2O/c1-2-6-13-7-5-11-15-12-10-14-8-3-4-9-14/h13H,2-12H2,1H3. The van der Waals surface area contributed by atoms with Crippen molar-refractivity contribution in [2.24, 2.45) is 0 Å². The lowest BCUT2D eigenvalue weighted by Crippen LogP contribution is -2.24. The van der Waals surface area contributed by atoms with Crippen LogP contribution in [0.5, 0.6) is 0 Å². The summed E-state index contributed by atoms with van der Waals surface area (Å²) < 4.78 is 5.59. The minimum Gasteiger partial charge on any atom is -0.380 e. The zero-order valence-corrected chi connectivity index (χ0v) is 10.1. The lowest BCUT2D eigenvalue weighted by atomic mass is 10.4. The van der Waals surface area contributed by atoms with Crippen molar-refractivity contribution >= 4 is 0 Å². The van der Waals surface area contributed by atoms with E-state index in [0.717, 1.165) is 39.3 Å². The Labute approximate surface area is 94.2 Å². The zero-order chi connectivity index (χ0) is 10.8. The van der Waals surface area contributed by atoms with Crippen LogP contribution in [-0.2, 0) is 4.74 Å². The smallest absolute Gasteiger partial charge is 0.0593 e. The molecule has 1 rings (SSSR count). The largest absolute Gasteiger partial charge is 0.380 e. The minimum absolute atomic E-state index is 0.907. The van der Waals surface area contributed by atoms with Crippen molar-refractivity contribution in [2.45, 2.75) is 32.6 Å². The Morgan fingerprint density at radius 1 is 1.13 bits per heavy atom. The highest BCUT2D eigenvalue weighted by Gasteiger charge is 2.09. The van der Waals surface area contributed by atoms with E-state index in [-0.39, 0.29) is 0 Å². The molecule has 0 unspecified atom stereocenters. The van der Waals surface area contributed by atoms with Gasteiger partial charge in [-0.1, -0.05) is 6.92 Å². The Kier molecular flexibility index (Phi) is 7.88. The highest BCUT2D eigenvalue weighted by Crippen LogP contribution is 2.05. The summed E-state index contributed by atoms with van der Waals surface area (Å²) in [5.74, 6) is 0. The number of ether oxygens (including phenoxy) is 1. The van der Waals surface area contributed by atoms with Gasteiger partial charge >= 0.3 is 0 Å². The van der Waals surface area contributed by atoms with Crippen molar-refractivity contribution in [2.75, 3.05) is 45.9 Å². The van der Waals surface area contributed by atoms with E-state index in [9.17, 15) is 0 Å². The van der Waals surface area contributed by atoms with Gasteiger partial charge in [0.25, 0.3) is 0 Å². The van der Waals surface area contributed by atoms with Crippen LogP contribution in [0.4, 0.5) is 0 Å². The SMILES string of the molecule is CCCNCCCOCCN1CCCC1. The van der Waals surface area contributed by atoms with Crippen molar-refractivity contribution in [3.63, 3.8) is 0 Å². The second-order valence-corrected chi connectivity index (χ2v) is 4.26. The predicted molar refractivity (Wildman–Crippen MR) is 64.3 cm³/mol. The molecular weight excluding hydrogens is 188 g/mol. The lowest BCUT2D eigenvalue weighted by molar-refractivity contribution is 0.109. The Hall–Kier alpha value is -0.120. The van der Waals surface area contributed by atoms with Gasteiger partial charge in [-0.2, -0.15) is 0 Å². The normalized spacial score (nSPS) is 17.4. The van der Waals surface area contributed by atoms with Crippen LogP contribution in [0.15, 0.2) is 0 Å². The molecule has 0 radical (unpaired) electrons. The third-order valence-electron chi connectivity index (χ3n) is 2.82. The Morgan fingerprint density at radius 3 is 2.67 bits per heavy atom. The molecule has 1 aliphatic heterocycles. The van der Waals surface area contributed by atoms with Crippen LogP contribution < -0.4 is 5.32 Å². The number of hydrogen-bond acceptors (Lipinski definition) is 3. The van der Waals surface area contributed by atoms with Crippen LogP contribution in [-0.4, -0.2) is 50.8 Å². The Bertz CT molecular complexity index is 136. The minimum atomic E-state index is 0.907. The third-order valence-corrected chi connectivity index (χ3v) is 2.82. The first kappa shape index (κ1) is 12.9. The zero-order valence-electron chi connectivity index (χ0n) is 10.1. The molecule has 1 N–H and O–H groups in total. The molecule has 0 aromatic heterocycles. The molecule has 3 nitrogen and oxygen atoms in total. The maximum Gasteiger partial charge on any atom is 0.0593 e. The summed E-state index contributed by atoms with van der Waals surface area (Å²) in [5.41, 5.74) is 0. The molecule has 1 saturated heterocycles. The van der Waals surface area contributed by atoms with Crippen LogP contribution >= 0.6 is 0 Å². The maximum absolute atomic E-state index is 5.59. The monoisotopic (exact) mass is 214 g/mol. The first-order valence-corrected chi connectivity index (χ1v) is 6.44. The fraction of sp³-hybridized carbons (Fsp3) is 1.00. The van der Waals surface area contributed by atoms with Crippen LogP contribution in [0.3, 0.4) is 0 Å². The number of likely N-dealkylation sites (tertiary alicyclic amines) is 1. The Balaban J connectivity index is 1.73. The average Bonchev–Trinajstić information content (AvgIpc) is 2.75. The van der Waals surface area contributed by atoms with Crippen molar-refractivity contribution < 1.29 is 4.74 Å². The highest BCUT2D eigenvalue weighted by molar-refractivity contribution is 4.65. The quantitative estimate of drug-likeness (QED) is 0.589. The van der Waals surface area contributed by atoms with E-state index in [1.807, 2.05) is 0 Å². The van der Waals surface area contributed by atoms with Crippen molar-refractivity contribution in [1.82, 2.24) is 10.2 Å². The first-order chi connectivity index (χ1) is 7.43. The Morgan fingerprint density at radius 2 is 1.93 bits per heavy atom. The van der Waals surface area contributed by atoms with Gasteiger partial charge in [-0.05, 0) is 51.9 Å². The lowest BCUT2D eigenvalue weighted by Gasteiger charge is -2.14. The number of nitrogens with one attached hydrogen (secondary N) is 1. The number of hydrogen-bond donors (Lipinski definition) is 1. The molecule has 0 atom stereocenters. The summed E-state index contributed by atoms with van der Waals surface area (Å²) >= 11 is 0. The molecule has 0 spiro atoms. The highest BCUT2D eigenvalue weighted by atomic mass is 16.5. The third kappa shape index (κ3) is 6.88. The molecule has 15 heavy (non-hydrogen) atoms. The topological polar surface area (TPSA) is 24.5 Å². The molecule has 0 saturated carbocycles. The number of rotatable bonds is 9. The molecule has 1 fully saturated rings. The van der Waals surface area contributed by atoms with Gasteiger partial charge < -0.3 is 15.0 Å². The van der Waals surface area contributed by atoms with Crippen molar-refractivity contribution in [3.8, 4) is 0 Å². The molecule has 0 amide bonds. The second kappa shape index (κ2) is 9.13. The van der Waals surface area contributed by atoms with E-state index in [0.29, 0.717) is 0 Å². The van der Waals surface area contributed by atoms with Crippen molar-refractivity contribution in [3.05, 3.63) is 0 Å². The van der Waals surface area contributed by atoms with E-state index in [2.05, 4.69) is 17.1 Å². The van der Waals surface area contributed by atoms with E-state index >= 15 is 0 Å². The second-order valence-electron chi connectivity index (χ2n) is 4.26. The van der Waals surface area contributed by atoms with E-state index < -0.39 is 0 Å². The van der Waals surface area contributed by atoms with E-state index in [4.69, 9.17) is 4.74 Å². The summed E-state index contributed by atoms with van der Waals surface area (Å²) in [6.07, 6.45) is 5.11. The van der Waals surface area contributed by atoms with Gasteiger partial charge in [0.05, 0.1) is 6.61 Å². The van der Waals surface area contributed by atoms with Gasteiger partial charge in [-0.15, -0.1) is 0 Å². The molecule has 0 aliphatic carbocycles. The van der Waals surface area contributed by atoms with Gasteiger partial charge in [0.15, 0.2) is 0 Å². The fourth-order valence-electron chi connectivity index (χ4n) is 1.90. The molecule has 0 aromatic rings. The van der Waals surface area contributed by atoms with Crippen LogP contribution in [0.1, 0.15) is 32.6 Å². The van der Waals surface area contributed by atoms with E-state index in [1.165, 1.54) is 32.4 Å². The summed E-state index contributed by atoms with van der Waals surface area (Å²) in [7, 11) is 0. The molecule has 0 aromatic carbocycles. The van der Waals surface area contributed by atoms with Crippen LogP contribution in [0.2, 0.25) is 0 Å². The maximum atomic E-state index is 5.59.